The average molecular weight is 916 g/mol. The van der Waals surface area contributed by atoms with Crippen LogP contribution in [0.3, 0.4) is 0 Å². The molecule has 8 rings (SSSR count). The number of ketones is 1. The summed E-state index contributed by atoms with van der Waals surface area (Å²) in [6.07, 6.45) is 2.81. The van der Waals surface area contributed by atoms with Crippen LogP contribution in [-0.4, -0.2) is 130 Å². The Morgan fingerprint density at radius 1 is 0.836 bits per heavy atom. The number of piperidine rings is 2. The van der Waals surface area contributed by atoms with Crippen molar-refractivity contribution in [3.05, 3.63) is 99.0 Å². The van der Waals surface area contributed by atoms with E-state index in [1.54, 1.807) is 24.3 Å². The molecular formula is C50H57N7O10. The van der Waals surface area contributed by atoms with Gasteiger partial charge in [-0.3, -0.25) is 39.0 Å². The van der Waals surface area contributed by atoms with Gasteiger partial charge >= 0.3 is 0 Å². The van der Waals surface area contributed by atoms with Gasteiger partial charge in [-0.25, -0.2) is 4.85 Å². The zero-order valence-corrected chi connectivity index (χ0v) is 38.2. The first kappa shape index (κ1) is 47.1. The lowest BCUT2D eigenvalue weighted by atomic mass is 9.70. The summed E-state index contributed by atoms with van der Waals surface area (Å²) in [5.74, 6) is -2.23. The number of amides is 5. The number of aryl methyl sites for hydroxylation is 1. The monoisotopic (exact) mass is 915 g/mol. The molecule has 3 aliphatic heterocycles. The zero-order valence-electron chi connectivity index (χ0n) is 38.2. The van der Waals surface area contributed by atoms with Crippen LogP contribution in [-0.2, 0) is 45.2 Å². The fourth-order valence-electron chi connectivity index (χ4n) is 9.56. The van der Waals surface area contributed by atoms with Crippen molar-refractivity contribution in [3.63, 3.8) is 0 Å². The topological polar surface area (TPSA) is 202 Å². The molecule has 4 N–H and O–H groups in total. The van der Waals surface area contributed by atoms with E-state index in [0.717, 1.165) is 76.2 Å². The van der Waals surface area contributed by atoms with Crippen molar-refractivity contribution in [3.8, 4) is 0 Å². The summed E-state index contributed by atoms with van der Waals surface area (Å²) in [6.45, 7) is 18.6. The molecule has 0 spiro atoms. The summed E-state index contributed by atoms with van der Waals surface area (Å²) in [6, 6.07) is 13.7. The Morgan fingerprint density at radius 2 is 1.54 bits per heavy atom. The minimum atomic E-state index is -1.02. The molecule has 1 aromatic heterocycles. The van der Waals surface area contributed by atoms with Crippen LogP contribution in [0.4, 0.5) is 17.1 Å². The fraction of sp³-hybridized carbons (Fsp3) is 0.460. The van der Waals surface area contributed by atoms with Gasteiger partial charge in [0.1, 0.15) is 6.04 Å². The number of aromatic amines is 1. The van der Waals surface area contributed by atoms with E-state index in [-0.39, 0.29) is 48.1 Å². The number of ether oxygens (including phenoxy) is 4. The molecule has 67 heavy (non-hydrogen) atoms. The third-order valence-electron chi connectivity index (χ3n) is 13.1. The smallest absolute Gasteiger partial charge is 0.264 e. The second-order valence-electron chi connectivity index (χ2n) is 17.7. The molecule has 2 saturated heterocycles. The maximum Gasteiger partial charge on any atom is 0.264 e. The Hall–Kier alpha value is -6.45. The molecule has 17 heteroatoms. The predicted octanol–water partition coefficient (Wildman–Crippen LogP) is 5.21. The Morgan fingerprint density at radius 3 is 2.22 bits per heavy atom. The van der Waals surface area contributed by atoms with Crippen LogP contribution >= 0.6 is 0 Å². The molecule has 0 radical (unpaired) electrons. The van der Waals surface area contributed by atoms with Crippen molar-refractivity contribution in [1.29, 1.82) is 0 Å². The number of aromatic nitrogens is 1. The van der Waals surface area contributed by atoms with Crippen LogP contribution in [0.1, 0.15) is 106 Å². The standard InChI is InChI=1S/C50H57N7O10/c1-5-30-27-35-36(50(2,3)46-44(45(35)60)33-10-9-32(51-4)28-38(33)54-46)29-40(30)56-17-13-31(14-18-56)53-42(59)15-19-64-21-23-66-25-26-67-24-22-65-20-16-52-37-8-6-7-34-43(37)49(63)57(48(34)62)39-11-12-41(58)55-47(39)61/h6-10,27-29,31,39,52,54H,5,11-26H2,1-3H3,(H,53,59)(H,55,58,61). The van der Waals surface area contributed by atoms with Gasteiger partial charge in [-0.05, 0) is 67.1 Å². The van der Waals surface area contributed by atoms with Gasteiger partial charge in [0.05, 0.1) is 76.1 Å². The molecule has 3 aromatic carbocycles. The number of carbonyl (C=O) groups is 6. The molecule has 17 nitrogen and oxygen atoms in total. The van der Waals surface area contributed by atoms with Crippen LogP contribution < -0.4 is 20.9 Å². The molecule has 1 aliphatic carbocycles. The predicted molar refractivity (Wildman–Crippen MR) is 249 cm³/mol. The first-order chi connectivity index (χ1) is 32.4. The Kier molecular flexibility index (Phi) is 14.5. The molecular weight excluding hydrogens is 859 g/mol. The summed E-state index contributed by atoms with van der Waals surface area (Å²) < 4.78 is 22.4. The maximum absolute atomic E-state index is 14.1. The van der Waals surface area contributed by atoms with Crippen molar-refractivity contribution in [1.82, 2.24) is 20.5 Å². The molecule has 2 fully saturated rings. The van der Waals surface area contributed by atoms with Crippen molar-refractivity contribution in [2.24, 2.45) is 0 Å². The van der Waals surface area contributed by atoms with E-state index in [4.69, 9.17) is 25.5 Å². The molecule has 352 valence electrons. The molecule has 4 heterocycles. The second kappa shape index (κ2) is 20.6. The summed E-state index contributed by atoms with van der Waals surface area (Å²) in [4.78, 5) is 87.4. The lowest BCUT2D eigenvalue weighted by Crippen LogP contribution is -2.54. The fourth-order valence-corrected chi connectivity index (χ4v) is 9.56. The number of anilines is 2. The number of rotatable bonds is 20. The van der Waals surface area contributed by atoms with Crippen molar-refractivity contribution < 1.29 is 47.7 Å². The molecule has 4 aliphatic rings. The van der Waals surface area contributed by atoms with E-state index < -0.39 is 35.1 Å². The highest BCUT2D eigenvalue weighted by Crippen LogP contribution is 2.46. The second-order valence-corrected chi connectivity index (χ2v) is 17.7. The SMILES string of the molecule is [C-]#[N+]c1ccc2c3c([nH]c2c1)C(C)(C)c1cc(N2CCC(NC(=O)CCOCCOCCOCCOCCNc4cccc5c4C(=O)N(C4CCC(=O)NC4=O)C5=O)CC2)c(CC)cc1C3=O. The van der Waals surface area contributed by atoms with Gasteiger partial charge in [0.15, 0.2) is 11.5 Å². The lowest BCUT2D eigenvalue weighted by molar-refractivity contribution is -0.136. The number of H-pyrrole nitrogens is 1. The number of hydrogen-bond acceptors (Lipinski definition) is 12. The number of imide groups is 2. The van der Waals surface area contributed by atoms with Crippen molar-refractivity contribution in [2.75, 3.05) is 82.7 Å². The number of benzene rings is 3. The summed E-state index contributed by atoms with van der Waals surface area (Å²) in [5.41, 5.74) is 7.32. The molecule has 1 unspecified atom stereocenters. The van der Waals surface area contributed by atoms with Gasteiger partial charge in [-0.15, -0.1) is 0 Å². The molecule has 1 atom stereocenters. The highest BCUT2D eigenvalue weighted by Gasteiger charge is 2.46. The van der Waals surface area contributed by atoms with E-state index >= 15 is 0 Å². The van der Waals surface area contributed by atoms with Gasteiger partial charge in [0.25, 0.3) is 11.8 Å². The Labute approximate surface area is 389 Å². The lowest BCUT2D eigenvalue weighted by Gasteiger charge is -2.38. The van der Waals surface area contributed by atoms with E-state index in [1.165, 1.54) is 0 Å². The molecule has 0 saturated carbocycles. The normalized spacial score (nSPS) is 17.9. The number of nitrogens with zero attached hydrogens (tertiary/aromatic N) is 3. The first-order valence-electron chi connectivity index (χ1n) is 23.1. The third kappa shape index (κ3) is 9.84. The number of hydrogen-bond donors (Lipinski definition) is 4. The summed E-state index contributed by atoms with van der Waals surface area (Å²) in [7, 11) is 0. The van der Waals surface area contributed by atoms with Gasteiger partial charge in [-0.2, -0.15) is 0 Å². The van der Waals surface area contributed by atoms with Crippen molar-refractivity contribution in [2.45, 2.75) is 76.8 Å². The van der Waals surface area contributed by atoms with Gasteiger partial charge in [-0.1, -0.05) is 39.0 Å². The van der Waals surface area contributed by atoms with E-state index in [1.807, 2.05) is 12.1 Å². The average Bonchev–Trinajstić information content (AvgIpc) is 3.84. The summed E-state index contributed by atoms with van der Waals surface area (Å²) >= 11 is 0. The highest BCUT2D eigenvalue weighted by molar-refractivity contribution is 6.25. The first-order valence-corrected chi connectivity index (χ1v) is 23.1. The van der Waals surface area contributed by atoms with Crippen molar-refractivity contribution >= 4 is 63.3 Å². The Balaban J connectivity index is 0.669. The number of fused-ring (bicyclic) bond motifs is 5. The largest absolute Gasteiger partial charge is 0.382 e. The quantitative estimate of drug-likeness (QED) is 0.0514. The number of carbonyl (C=O) groups excluding carboxylic acids is 6. The van der Waals surface area contributed by atoms with Crippen LogP contribution in [0.15, 0.2) is 48.5 Å². The third-order valence-corrected chi connectivity index (χ3v) is 13.1. The maximum atomic E-state index is 14.1. The molecule has 5 amide bonds. The minimum absolute atomic E-state index is 0.0133. The van der Waals surface area contributed by atoms with Gasteiger partial charge < -0.3 is 39.5 Å². The number of nitrogens with one attached hydrogen (secondary N) is 4. The van der Waals surface area contributed by atoms with Crippen LogP contribution in [0.2, 0.25) is 0 Å². The van der Waals surface area contributed by atoms with Crippen LogP contribution in [0.25, 0.3) is 15.7 Å². The molecule has 4 aromatic rings. The van der Waals surface area contributed by atoms with Crippen LogP contribution in [0.5, 0.6) is 0 Å². The van der Waals surface area contributed by atoms with E-state index in [2.05, 4.69) is 63.6 Å². The summed E-state index contributed by atoms with van der Waals surface area (Å²) in [5, 5.41) is 9.37. The van der Waals surface area contributed by atoms with Gasteiger partial charge in [0.2, 0.25) is 17.7 Å². The van der Waals surface area contributed by atoms with Gasteiger partial charge in [0, 0.05) is 77.5 Å². The van der Waals surface area contributed by atoms with E-state index in [9.17, 15) is 28.8 Å². The highest BCUT2D eigenvalue weighted by atomic mass is 16.6. The minimum Gasteiger partial charge on any atom is -0.382 e. The zero-order chi connectivity index (χ0) is 47.2. The molecule has 0 bridgehead atoms. The van der Waals surface area contributed by atoms with E-state index in [0.29, 0.717) is 76.3 Å². The van der Waals surface area contributed by atoms with Crippen LogP contribution in [0, 0.1) is 6.57 Å². The Bertz CT molecular complexity index is 2620.